The molecule has 0 saturated carbocycles. The van der Waals surface area contributed by atoms with Gasteiger partial charge in [0.25, 0.3) is 11.6 Å². The summed E-state index contributed by atoms with van der Waals surface area (Å²) in [5.74, 6) is -2.35. The van der Waals surface area contributed by atoms with Crippen LogP contribution in [0, 0.1) is 10.1 Å². The van der Waals surface area contributed by atoms with Crippen molar-refractivity contribution in [2.45, 2.75) is 0 Å². The SMILES string of the molecule is O=C(N/N=C/c1cccc([N+](=O)[O-])c1)C(=O)Nc1ccccc1C(=O)N1CCOCC1. The van der Waals surface area contributed by atoms with E-state index < -0.39 is 16.7 Å². The van der Waals surface area contributed by atoms with E-state index in [1.54, 1.807) is 29.2 Å². The van der Waals surface area contributed by atoms with Gasteiger partial charge in [-0.1, -0.05) is 24.3 Å². The van der Waals surface area contributed by atoms with Crippen LogP contribution < -0.4 is 10.7 Å². The Morgan fingerprint density at radius 2 is 1.81 bits per heavy atom. The summed E-state index contributed by atoms with van der Waals surface area (Å²) in [5.41, 5.74) is 2.74. The first kappa shape index (κ1) is 21.6. The number of nitrogens with zero attached hydrogens (tertiary/aromatic N) is 3. The molecule has 0 atom stereocenters. The molecule has 0 unspecified atom stereocenters. The third-order valence-electron chi connectivity index (χ3n) is 4.37. The number of morpholine rings is 1. The lowest BCUT2D eigenvalue weighted by molar-refractivity contribution is -0.384. The highest BCUT2D eigenvalue weighted by molar-refractivity contribution is 6.40. The molecular formula is C20H19N5O6. The Kier molecular flexibility index (Phi) is 7.01. The summed E-state index contributed by atoms with van der Waals surface area (Å²) < 4.78 is 5.24. The fourth-order valence-electron chi connectivity index (χ4n) is 2.83. The van der Waals surface area contributed by atoms with Crippen LogP contribution in [0.3, 0.4) is 0 Å². The predicted molar refractivity (Wildman–Crippen MR) is 111 cm³/mol. The molecule has 2 aromatic carbocycles. The third-order valence-corrected chi connectivity index (χ3v) is 4.37. The van der Waals surface area contributed by atoms with Crippen LogP contribution in [0.2, 0.25) is 0 Å². The highest BCUT2D eigenvalue weighted by Crippen LogP contribution is 2.18. The number of carbonyl (C=O) groups excluding carboxylic acids is 3. The van der Waals surface area contributed by atoms with E-state index in [0.29, 0.717) is 31.9 Å². The molecule has 0 aliphatic carbocycles. The Hall–Kier alpha value is -4.12. The summed E-state index contributed by atoms with van der Waals surface area (Å²) >= 11 is 0. The van der Waals surface area contributed by atoms with Crippen molar-refractivity contribution in [3.8, 4) is 0 Å². The first-order valence-corrected chi connectivity index (χ1v) is 9.30. The largest absolute Gasteiger partial charge is 0.378 e. The van der Waals surface area contributed by atoms with Gasteiger partial charge in [0.15, 0.2) is 0 Å². The van der Waals surface area contributed by atoms with E-state index >= 15 is 0 Å². The summed E-state index contributed by atoms with van der Waals surface area (Å²) in [7, 11) is 0. The number of nitrogens with one attached hydrogen (secondary N) is 2. The third kappa shape index (κ3) is 5.70. The van der Waals surface area contributed by atoms with Crippen molar-refractivity contribution in [1.29, 1.82) is 0 Å². The molecule has 1 saturated heterocycles. The summed E-state index contributed by atoms with van der Waals surface area (Å²) in [4.78, 5) is 48.8. The van der Waals surface area contributed by atoms with Crippen molar-refractivity contribution in [2.75, 3.05) is 31.6 Å². The molecule has 11 nitrogen and oxygen atoms in total. The molecule has 0 aromatic heterocycles. The fraction of sp³-hybridized carbons (Fsp3) is 0.200. The topological polar surface area (TPSA) is 143 Å². The van der Waals surface area contributed by atoms with Crippen LogP contribution in [-0.2, 0) is 14.3 Å². The molecule has 0 bridgehead atoms. The second-order valence-electron chi connectivity index (χ2n) is 6.46. The van der Waals surface area contributed by atoms with E-state index in [1.807, 2.05) is 5.43 Å². The fourth-order valence-corrected chi connectivity index (χ4v) is 2.83. The van der Waals surface area contributed by atoms with E-state index in [1.165, 1.54) is 30.5 Å². The van der Waals surface area contributed by atoms with Gasteiger partial charge in [0.2, 0.25) is 0 Å². The average molecular weight is 425 g/mol. The number of para-hydroxylation sites is 1. The zero-order valence-corrected chi connectivity index (χ0v) is 16.3. The van der Waals surface area contributed by atoms with E-state index in [-0.39, 0.29) is 22.8 Å². The number of hydrogen-bond acceptors (Lipinski definition) is 7. The van der Waals surface area contributed by atoms with Gasteiger partial charge in [0.1, 0.15) is 0 Å². The minimum Gasteiger partial charge on any atom is -0.378 e. The minimum absolute atomic E-state index is 0.130. The molecule has 2 aromatic rings. The van der Waals surface area contributed by atoms with Crippen molar-refractivity contribution in [1.82, 2.24) is 10.3 Å². The van der Waals surface area contributed by atoms with Crippen LogP contribution >= 0.6 is 0 Å². The van der Waals surface area contributed by atoms with Gasteiger partial charge in [-0.15, -0.1) is 0 Å². The normalized spacial score (nSPS) is 13.6. The number of amides is 3. The van der Waals surface area contributed by atoms with E-state index in [9.17, 15) is 24.5 Å². The zero-order chi connectivity index (χ0) is 22.2. The van der Waals surface area contributed by atoms with Crippen molar-refractivity contribution in [3.05, 3.63) is 69.8 Å². The highest BCUT2D eigenvalue weighted by Gasteiger charge is 2.22. The summed E-state index contributed by atoms with van der Waals surface area (Å²) in [5, 5.41) is 16.8. The number of benzene rings is 2. The van der Waals surface area contributed by atoms with Crippen molar-refractivity contribution in [2.24, 2.45) is 5.10 Å². The summed E-state index contributed by atoms with van der Waals surface area (Å²) in [6, 6.07) is 12.0. The molecule has 1 fully saturated rings. The van der Waals surface area contributed by atoms with E-state index in [0.717, 1.165) is 0 Å². The summed E-state index contributed by atoms with van der Waals surface area (Å²) in [6.45, 7) is 1.75. The van der Waals surface area contributed by atoms with Gasteiger partial charge in [-0.05, 0) is 12.1 Å². The van der Waals surface area contributed by atoms with E-state index in [4.69, 9.17) is 4.74 Å². The quantitative estimate of drug-likeness (QED) is 0.318. The molecule has 3 amide bonds. The van der Waals surface area contributed by atoms with Gasteiger partial charge >= 0.3 is 11.8 Å². The number of nitro groups is 1. The lowest BCUT2D eigenvalue weighted by atomic mass is 10.1. The molecular weight excluding hydrogens is 406 g/mol. The molecule has 3 rings (SSSR count). The number of anilines is 1. The number of nitro benzene ring substituents is 1. The van der Waals surface area contributed by atoms with Crippen LogP contribution in [0.4, 0.5) is 11.4 Å². The molecule has 160 valence electrons. The van der Waals surface area contributed by atoms with Crippen LogP contribution in [-0.4, -0.2) is 60.1 Å². The van der Waals surface area contributed by atoms with E-state index in [2.05, 4.69) is 10.4 Å². The highest BCUT2D eigenvalue weighted by atomic mass is 16.6. The van der Waals surface area contributed by atoms with Crippen molar-refractivity contribution < 1.29 is 24.0 Å². The van der Waals surface area contributed by atoms with Gasteiger partial charge in [-0.25, -0.2) is 5.43 Å². The number of hydrazone groups is 1. The first-order valence-electron chi connectivity index (χ1n) is 9.30. The molecule has 2 N–H and O–H groups in total. The van der Waals surface area contributed by atoms with Crippen molar-refractivity contribution in [3.63, 3.8) is 0 Å². The van der Waals surface area contributed by atoms with Gasteiger partial charge in [0, 0.05) is 30.8 Å². The number of ether oxygens (including phenoxy) is 1. The van der Waals surface area contributed by atoms with Crippen LogP contribution in [0.5, 0.6) is 0 Å². The lowest BCUT2D eigenvalue weighted by Gasteiger charge is -2.27. The second-order valence-corrected chi connectivity index (χ2v) is 6.46. The Labute approximate surface area is 176 Å². The molecule has 1 aliphatic rings. The van der Waals surface area contributed by atoms with Crippen LogP contribution in [0.25, 0.3) is 0 Å². The Morgan fingerprint density at radius 3 is 2.55 bits per heavy atom. The number of hydrogen-bond donors (Lipinski definition) is 2. The zero-order valence-electron chi connectivity index (χ0n) is 16.3. The summed E-state index contributed by atoms with van der Waals surface area (Å²) in [6.07, 6.45) is 1.17. The maximum Gasteiger partial charge on any atom is 0.329 e. The molecule has 0 spiro atoms. The van der Waals surface area contributed by atoms with Crippen molar-refractivity contribution >= 4 is 35.3 Å². The Morgan fingerprint density at radius 1 is 1.06 bits per heavy atom. The minimum atomic E-state index is -1.06. The number of carbonyl (C=O) groups is 3. The maximum absolute atomic E-state index is 12.7. The predicted octanol–water partition coefficient (Wildman–Crippen LogP) is 1.16. The molecule has 1 aliphatic heterocycles. The molecule has 31 heavy (non-hydrogen) atoms. The lowest BCUT2D eigenvalue weighted by Crippen LogP contribution is -2.41. The molecule has 11 heteroatoms. The van der Waals surface area contributed by atoms with Gasteiger partial charge in [-0.2, -0.15) is 5.10 Å². The Bertz CT molecular complexity index is 1030. The first-order chi connectivity index (χ1) is 15.0. The van der Waals surface area contributed by atoms with Crippen LogP contribution in [0.1, 0.15) is 15.9 Å². The Balaban J connectivity index is 1.62. The maximum atomic E-state index is 12.7. The van der Waals surface area contributed by atoms with Gasteiger partial charge < -0.3 is 15.0 Å². The molecule has 1 heterocycles. The number of non-ortho nitro benzene ring substituents is 1. The second kappa shape index (κ2) is 10.1. The van der Waals surface area contributed by atoms with Gasteiger partial charge in [-0.3, -0.25) is 24.5 Å². The smallest absolute Gasteiger partial charge is 0.329 e. The van der Waals surface area contributed by atoms with Crippen LogP contribution in [0.15, 0.2) is 53.6 Å². The number of rotatable bonds is 5. The average Bonchev–Trinajstić information content (AvgIpc) is 2.79. The molecule has 0 radical (unpaired) electrons. The standard InChI is InChI=1S/C20H19N5O6/c26-18(19(27)23-21-13-14-4-3-5-15(12-14)25(29)30)22-17-7-2-1-6-16(17)20(28)24-8-10-31-11-9-24/h1-7,12-13H,8-11H2,(H,22,26)(H,23,27)/b21-13+. The van der Waals surface area contributed by atoms with Gasteiger partial charge in [0.05, 0.1) is 35.6 Å². The monoisotopic (exact) mass is 425 g/mol.